The molecule has 0 atom stereocenters. The molecule has 0 saturated carbocycles. The van der Waals surface area contributed by atoms with Crippen molar-refractivity contribution >= 4 is 11.3 Å². The number of hydrogen-bond donors (Lipinski definition) is 1. The first kappa shape index (κ1) is 8.30. The molecule has 2 heterocycles. The lowest BCUT2D eigenvalue weighted by Gasteiger charge is -2.20. The number of pyridine rings is 1. The summed E-state index contributed by atoms with van der Waals surface area (Å²) in [5.74, 6) is 0.552. The van der Waals surface area contributed by atoms with Crippen molar-refractivity contribution in [2.75, 3.05) is 11.9 Å². The van der Waals surface area contributed by atoms with Gasteiger partial charge < -0.3 is 5.32 Å². The van der Waals surface area contributed by atoms with Crippen molar-refractivity contribution < 1.29 is 0 Å². The number of anilines is 1. The minimum atomic E-state index is 0.552. The Hall–Kier alpha value is -1.31. The minimum Gasteiger partial charge on any atom is -0.380 e. The number of rotatable bonds is 1. The first-order chi connectivity index (χ1) is 6.29. The molecule has 0 amide bonds. The smallest absolute Gasteiger partial charge is 0.0893 e. The van der Waals surface area contributed by atoms with Crippen molar-refractivity contribution in [3.05, 3.63) is 30.1 Å². The molecule has 0 bridgehead atoms. The molecule has 2 heteroatoms. The maximum atomic E-state index is 4.39. The summed E-state index contributed by atoms with van der Waals surface area (Å²) in [5, 5.41) is 3.31. The van der Waals surface area contributed by atoms with Gasteiger partial charge in [-0.15, -0.1) is 0 Å². The number of fused-ring (bicyclic) bond motifs is 1. The van der Waals surface area contributed by atoms with Crippen LogP contribution in [0.4, 0.5) is 5.69 Å². The largest absolute Gasteiger partial charge is 0.380 e. The summed E-state index contributed by atoms with van der Waals surface area (Å²) in [7, 11) is 0. The van der Waals surface area contributed by atoms with Gasteiger partial charge in [0.1, 0.15) is 0 Å². The van der Waals surface area contributed by atoms with E-state index in [1.54, 1.807) is 0 Å². The molecule has 1 aliphatic heterocycles. The highest BCUT2D eigenvalue weighted by Crippen LogP contribution is 2.29. The van der Waals surface area contributed by atoms with E-state index in [-0.39, 0.29) is 0 Å². The number of nitrogens with one attached hydrogen (secondary N) is 1. The summed E-state index contributed by atoms with van der Waals surface area (Å²) in [5.41, 5.74) is 3.63. The molecular weight excluding hydrogens is 160 g/mol. The highest BCUT2D eigenvalue weighted by atomic mass is 14.9. The summed E-state index contributed by atoms with van der Waals surface area (Å²) in [6.45, 7) is 5.33. The van der Waals surface area contributed by atoms with Crippen LogP contribution in [0, 0.1) is 5.92 Å². The van der Waals surface area contributed by atoms with Crippen LogP contribution in [0.25, 0.3) is 5.57 Å². The Bertz CT molecular complexity index is 340. The second-order valence-corrected chi connectivity index (χ2v) is 3.59. The molecule has 0 spiro atoms. The van der Waals surface area contributed by atoms with Gasteiger partial charge in [0.15, 0.2) is 0 Å². The van der Waals surface area contributed by atoms with E-state index < -0.39 is 0 Å². The third-order valence-corrected chi connectivity index (χ3v) is 2.32. The topological polar surface area (TPSA) is 24.9 Å². The van der Waals surface area contributed by atoms with Gasteiger partial charge in [-0.25, -0.2) is 0 Å². The minimum absolute atomic E-state index is 0.552. The maximum Gasteiger partial charge on any atom is 0.0893 e. The van der Waals surface area contributed by atoms with Crippen LogP contribution in [0.3, 0.4) is 0 Å². The predicted molar refractivity (Wildman–Crippen MR) is 55.5 cm³/mol. The van der Waals surface area contributed by atoms with Crippen LogP contribution in [0.5, 0.6) is 0 Å². The fourth-order valence-electron chi connectivity index (χ4n) is 1.65. The Morgan fingerprint density at radius 1 is 1.46 bits per heavy atom. The van der Waals surface area contributed by atoms with Crippen molar-refractivity contribution in [1.82, 2.24) is 4.98 Å². The van der Waals surface area contributed by atoms with E-state index in [0.717, 1.165) is 17.9 Å². The van der Waals surface area contributed by atoms with Crippen LogP contribution in [0.2, 0.25) is 0 Å². The summed E-state index contributed by atoms with van der Waals surface area (Å²) in [4.78, 5) is 4.39. The zero-order valence-electron chi connectivity index (χ0n) is 8.04. The molecule has 0 fully saturated rings. The second kappa shape index (κ2) is 3.21. The summed E-state index contributed by atoms with van der Waals surface area (Å²) >= 11 is 0. The van der Waals surface area contributed by atoms with Gasteiger partial charge in [0.05, 0.1) is 11.4 Å². The van der Waals surface area contributed by atoms with Gasteiger partial charge in [0, 0.05) is 12.7 Å². The molecule has 2 rings (SSSR count). The van der Waals surface area contributed by atoms with Gasteiger partial charge in [0.25, 0.3) is 0 Å². The zero-order valence-corrected chi connectivity index (χ0v) is 8.04. The molecular formula is C11H14N2. The van der Waals surface area contributed by atoms with Crippen molar-refractivity contribution in [1.29, 1.82) is 0 Å². The molecule has 68 valence electrons. The highest BCUT2D eigenvalue weighted by Gasteiger charge is 2.14. The highest BCUT2D eigenvalue weighted by molar-refractivity contribution is 5.77. The molecule has 2 nitrogen and oxygen atoms in total. The van der Waals surface area contributed by atoms with Gasteiger partial charge in [-0.05, 0) is 23.6 Å². The standard InChI is InChI=1S/C11H14N2/c1-8(2)9-5-7-12-10-4-3-6-13-11(9)10/h3-6,8,12H,7H2,1-2H3. The lowest BCUT2D eigenvalue weighted by atomic mass is 9.96. The molecule has 13 heavy (non-hydrogen) atoms. The molecule has 0 aliphatic carbocycles. The Morgan fingerprint density at radius 3 is 3.08 bits per heavy atom. The molecule has 1 N–H and O–H groups in total. The van der Waals surface area contributed by atoms with Gasteiger partial charge in [0.2, 0.25) is 0 Å². The second-order valence-electron chi connectivity index (χ2n) is 3.59. The first-order valence-corrected chi connectivity index (χ1v) is 4.68. The maximum absolute atomic E-state index is 4.39. The third-order valence-electron chi connectivity index (χ3n) is 2.32. The van der Waals surface area contributed by atoms with Crippen LogP contribution >= 0.6 is 0 Å². The van der Waals surface area contributed by atoms with Crippen LogP contribution in [0.1, 0.15) is 19.5 Å². The molecule has 0 aromatic carbocycles. The zero-order chi connectivity index (χ0) is 9.26. The molecule has 1 aromatic rings. The van der Waals surface area contributed by atoms with Crippen molar-refractivity contribution in [2.45, 2.75) is 13.8 Å². The monoisotopic (exact) mass is 174 g/mol. The lowest BCUT2D eigenvalue weighted by Crippen LogP contribution is -2.11. The van der Waals surface area contributed by atoms with Gasteiger partial charge in [-0.2, -0.15) is 0 Å². The average Bonchev–Trinajstić information content (AvgIpc) is 2.17. The SMILES string of the molecule is CC(C)C1=CCNc2cccnc21. The Kier molecular flexibility index (Phi) is 2.05. The summed E-state index contributed by atoms with van der Waals surface area (Å²) in [6, 6.07) is 4.05. The van der Waals surface area contributed by atoms with E-state index in [4.69, 9.17) is 0 Å². The van der Waals surface area contributed by atoms with Gasteiger partial charge >= 0.3 is 0 Å². The number of allylic oxidation sites excluding steroid dienone is 1. The number of aromatic nitrogens is 1. The van der Waals surface area contributed by atoms with Gasteiger partial charge in [-0.3, -0.25) is 4.98 Å². The van der Waals surface area contributed by atoms with Crippen molar-refractivity contribution in [3.8, 4) is 0 Å². The Balaban J connectivity index is 2.47. The third kappa shape index (κ3) is 1.44. The summed E-state index contributed by atoms with van der Waals surface area (Å²) < 4.78 is 0. The molecule has 0 radical (unpaired) electrons. The first-order valence-electron chi connectivity index (χ1n) is 4.68. The number of hydrogen-bond acceptors (Lipinski definition) is 2. The molecule has 1 aromatic heterocycles. The Morgan fingerprint density at radius 2 is 2.31 bits per heavy atom. The summed E-state index contributed by atoms with van der Waals surface area (Å²) in [6.07, 6.45) is 4.07. The van der Waals surface area contributed by atoms with E-state index in [1.165, 1.54) is 5.57 Å². The van der Waals surface area contributed by atoms with Crippen molar-refractivity contribution in [2.24, 2.45) is 5.92 Å². The molecule has 1 aliphatic rings. The Labute approximate surface area is 78.7 Å². The van der Waals surface area contributed by atoms with Crippen LogP contribution in [-0.4, -0.2) is 11.5 Å². The number of nitrogens with zero attached hydrogens (tertiary/aromatic N) is 1. The predicted octanol–water partition coefficient (Wildman–Crippen LogP) is 2.55. The van der Waals surface area contributed by atoms with Crippen molar-refractivity contribution in [3.63, 3.8) is 0 Å². The van der Waals surface area contributed by atoms with E-state index in [1.807, 2.05) is 12.3 Å². The van der Waals surface area contributed by atoms with Gasteiger partial charge in [-0.1, -0.05) is 19.9 Å². The van der Waals surface area contributed by atoms with Crippen LogP contribution < -0.4 is 5.32 Å². The van der Waals surface area contributed by atoms with E-state index in [2.05, 4.69) is 36.3 Å². The molecule has 0 saturated heterocycles. The van der Waals surface area contributed by atoms with Crippen LogP contribution in [0.15, 0.2) is 24.4 Å². The molecule has 0 unspecified atom stereocenters. The quantitative estimate of drug-likeness (QED) is 0.707. The van der Waals surface area contributed by atoms with E-state index >= 15 is 0 Å². The fraction of sp³-hybridized carbons (Fsp3) is 0.364. The van der Waals surface area contributed by atoms with E-state index in [9.17, 15) is 0 Å². The van der Waals surface area contributed by atoms with Crippen LogP contribution in [-0.2, 0) is 0 Å². The van der Waals surface area contributed by atoms with E-state index in [0.29, 0.717) is 5.92 Å². The fourth-order valence-corrected chi connectivity index (χ4v) is 1.65. The lowest BCUT2D eigenvalue weighted by molar-refractivity contribution is 0.842. The normalized spacial score (nSPS) is 14.8. The average molecular weight is 174 g/mol.